The molecule has 0 spiro atoms. The molecule has 0 radical (unpaired) electrons. The number of halogens is 1. The molecule has 5 nitrogen and oxygen atoms in total. The Bertz CT molecular complexity index is 669. The predicted molar refractivity (Wildman–Crippen MR) is 88.6 cm³/mol. The van der Waals surface area contributed by atoms with Crippen molar-refractivity contribution in [3.8, 4) is 5.75 Å². The van der Waals surface area contributed by atoms with Gasteiger partial charge in [0.2, 0.25) is 5.91 Å². The summed E-state index contributed by atoms with van der Waals surface area (Å²) in [5, 5.41) is 15.1. The van der Waals surface area contributed by atoms with Crippen LogP contribution in [-0.4, -0.2) is 30.0 Å². The molecule has 3 N–H and O–H groups in total. The predicted octanol–water partition coefficient (Wildman–Crippen LogP) is 2.13. The Morgan fingerprint density at radius 1 is 0.957 bits per heavy atom. The highest BCUT2D eigenvalue weighted by Gasteiger charge is 2.07. The molecule has 0 unspecified atom stereocenters. The summed E-state index contributed by atoms with van der Waals surface area (Å²) in [7, 11) is 0. The highest BCUT2D eigenvalue weighted by atomic mass is 35.5. The Morgan fingerprint density at radius 3 is 2.26 bits per heavy atom. The Balaban J connectivity index is 1.69. The molecule has 2 rings (SSSR count). The number of hydrogen-bond donors (Lipinski definition) is 3. The first-order valence-electron chi connectivity index (χ1n) is 7.13. The summed E-state index contributed by atoms with van der Waals surface area (Å²) >= 11 is 5.80. The van der Waals surface area contributed by atoms with Crippen LogP contribution in [0.5, 0.6) is 5.75 Å². The molecule has 0 fully saturated rings. The second kappa shape index (κ2) is 8.19. The van der Waals surface area contributed by atoms with Crippen molar-refractivity contribution in [2.75, 3.05) is 13.1 Å². The number of phenols is 1. The van der Waals surface area contributed by atoms with Crippen LogP contribution in [0.25, 0.3) is 0 Å². The van der Waals surface area contributed by atoms with Gasteiger partial charge in [0.25, 0.3) is 5.91 Å². The zero-order valence-electron chi connectivity index (χ0n) is 12.4. The lowest BCUT2D eigenvalue weighted by molar-refractivity contribution is -0.120. The highest BCUT2D eigenvalue weighted by molar-refractivity contribution is 6.30. The number of carbonyl (C=O) groups is 2. The van der Waals surface area contributed by atoms with Crippen molar-refractivity contribution in [3.05, 3.63) is 64.7 Å². The van der Waals surface area contributed by atoms with Gasteiger partial charge in [-0.2, -0.15) is 0 Å². The van der Waals surface area contributed by atoms with Crippen molar-refractivity contribution in [1.82, 2.24) is 10.6 Å². The molecule has 0 aliphatic rings. The molecule has 0 saturated heterocycles. The highest BCUT2D eigenvalue weighted by Crippen LogP contribution is 2.10. The van der Waals surface area contributed by atoms with Crippen LogP contribution in [0.1, 0.15) is 15.9 Å². The number of aromatic hydroxyl groups is 1. The van der Waals surface area contributed by atoms with Crippen LogP contribution >= 0.6 is 11.6 Å². The Kier molecular flexibility index (Phi) is 6.00. The van der Waals surface area contributed by atoms with Gasteiger partial charge in [0.1, 0.15) is 5.75 Å². The first kappa shape index (κ1) is 16.8. The van der Waals surface area contributed by atoms with E-state index in [1.807, 2.05) is 12.1 Å². The van der Waals surface area contributed by atoms with E-state index in [2.05, 4.69) is 10.6 Å². The number of rotatable bonds is 6. The molecule has 0 bridgehead atoms. The van der Waals surface area contributed by atoms with Crippen molar-refractivity contribution >= 4 is 23.4 Å². The SMILES string of the molecule is O=C(CNC(=O)c1ccc(O)cc1)NCCc1ccc(Cl)cc1. The van der Waals surface area contributed by atoms with E-state index in [-0.39, 0.29) is 24.1 Å². The molecule has 0 saturated carbocycles. The Morgan fingerprint density at radius 2 is 1.61 bits per heavy atom. The van der Waals surface area contributed by atoms with Gasteiger partial charge in [-0.25, -0.2) is 0 Å². The fraction of sp³-hybridized carbons (Fsp3) is 0.176. The van der Waals surface area contributed by atoms with Gasteiger partial charge < -0.3 is 15.7 Å². The molecule has 0 atom stereocenters. The fourth-order valence-electron chi connectivity index (χ4n) is 1.94. The number of phenolic OH excluding ortho intramolecular Hbond substituents is 1. The van der Waals surface area contributed by atoms with E-state index in [9.17, 15) is 9.59 Å². The number of nitrogens with one attached hydrogen (secondary N) is 2. The third-order valence-electron chi connectivity index (χ3n) is 3.19. The van der Waals surface area contributed by atoms with Crippen molar-refractivity contribution in [2.45, 2.75) is 6.42 Å². The van der Waals surface area contributed by atoms with E-state index in [0.717, 1.165) is 5.56 Å². The van der Waals surface area contributed by atoms with Crippen molar-refractivity contribution in [3.63, 3.8) is 0 Å². The zero-order chi connectivity index (χ0) is 16.7. The molecule has 2 aromatic carbocycles. The zero-order valence-corrected chi connectivity index (χ0v) is 13.1. The number of amides is 2. The molecule has 2 amide bonds. The van der Waals surface area contributed by atoms with Crippen LogP contribution in [-0.2, 0) is 11.2 Å². The maximum absolute atomic E-state index is 11.8. The maximum Gasteiger partial charge on any atom is 0.251 e. The number of carbonyl (C=O) groups excluding carboxylic acids is 2. The molecule has 0 aliphatic heterocycles. The third kappa shape index (κ3) is 5.64. The van der Waals surface area contributed by atoms with E-state index in [1.54, 1.807) is 12.1 Å². The molecule has 0 aliphatic carbocycles. The summed E-state index contributed by atoms with van der Waals surface area (Å²) in [6, 6.07) is 13.2. The quantitative estimate of drug-likeness (QED) is 0.758. The van der Waals surface area contributed by atoms with Gasteiger partial charge in [-0.05, 0) is 48.4 Å². The Labute approximate surface area is 139 Å². The molecule has 0 heterocycles. The van der Waals surface area contributed by atoms with Gasteiger partial charge >= 0.3 is 0 Å². The van der Waals surface area contributed by atoms with Crippen LogP contribution in [0.4, 0.5) is 0 Å². The van der Waals surface area contributed by atoms with Crippen LogP contribution in [0.3, 0.4) is 0 Å². The first-order chi connectivity index (χ1) is 11.0. The lowest BCUT2D eigenvalue weighted by Crippen LogP contribution is -2.37. The summed E-state index contributed by atoms with van der Waals surface area (Å²) < 4.78 is 0. The van der Waals surface area contributed by atoms with Gasteiger partial charge in [-0.15, -0.1) is 0 Å². The van der Waals surface area contributed by atoms with Crippen molar-refractivity contribution in [1.29, 1.82) is 0 Å². The fourth-order valence-corrected chi connectivity index (χ4v) is 2.06. The third-order valence-corrected chi connectivity index (χ3v) is 3.44. The summed E-state index contributed by atoms with van der Waals surface area (Å²) in [6.07, 6.45) is 0.689. The minimum absolute atomic E-state index is 0.0847. The smallest absolute Gasteiger partial charge is 0.251 e. The summed E-state index contributed by atoms with van der Waals surface area (Å²) in [5.74, 6) is -0.537. The van der Waals surface area contributed by atoms with Crippen LogP contribution in [0, 0.1) is 0 Å². The summed E-state index contributed by atoms with van der Waals surface area (Å²) in [6.45, 7) is 0.385. The van der Waals surface area contributed by atoms with Gasteiger partial charge in [0.05, 0.1) is 6.54 Å². The largest absolute Gasteiger partial charge is 0.508 e. The molecular formula is C17H17ClN2O3. The van der Waals surface area contributed by atoms with Gasteiger partial charge in [0, 0.05) is 17.1 Å². The van der Waals surface area contributed by atoms with Gasteiger partial charge in [0.15, 0.2) is 0 Å². The van der Waals surface area contributed by atoms with E-state index in [0.29, 0.717) is 23.6 Å². The lowest BCUT2D eigenvalue weighted by atomic mass is 10.1. The second-order valence-corrected chi connectivity index (χ2v) is 5.39. The molecule has 0 aromatic heterocycles. The topological polar surface area (TPSA) is 78.4 Å². The minimum atomic E-state index is -0.363. The van der Waals surface area contributed by atoms with Crippen LogP contribution in [0.15, 0.2) is 48.5 Å². The summed E-state index contributed by atoms with van der Waals surface area (Å²) in [5.41, 5.74) is 1.46. The van der Waals surface area contributed by atoms with Crippen LogP contribution < -0.4 is 10.6 Å². The van der Waals surface area contributed by atoms with Gasteiger partial charge in [-0.3, -0.25) is 9.59 Å². The van der Waals surface area contributed by atoms with E-state index < -0.39 is 0 Å². The maximum atomic E-state index is 11.8. The first-order valence-corrected chi connectivity index (χ1v) is 7.51. The minimum Gasteiger partial charge on any atom is -0.508 e. The average Bonchev–Trinajstić information content (AvgIpc) is 2.55. The van der Waals surface area contributed by atoms with E-state index >= 15 is 0 Å². The standard InChI is InChI=1S/C17H17ClN2O3/c18-14-5-1-12(2-6-14)9-10-19-16(22)11-20-17(23)13-3-7-15(21)8-4-13/h1-8,21H,9-11H2,(H,19,22)(H,20,23). The second-order valence-electron chi connectivity index (χ2n) is 4.96. The number of benzene rings is 2. The van der Waals surface area contributed by atoms with Crippen molar-refractivity contribution < 1.29 is 14.7 Å². The molecular weight excluding hydrogens is 316 g/mol. The molecule has 23 heavy (non-hydrogen) atoms. The van der Waals surface area contributed by atoms with Gasteiger partial charge in [-0.1, -0.05) is 23.7 Å². The normalized spacial score (nSPS) is 10.1. The van der Waals surface area contributed by atoms with Crippen molar-refractivity contribution in [2.24, 2.45) is 0 Å². The average molecular weight is 333 g/mol. The summed E-state index contributed by atoms with van der Waals surface area (Å²) in [4.78, 5) is 23.5. The number of hydrogen-bond acceptors (Lipinski definition) is 3. The molecule has 2 aromatic rings. The van der Waals surface area contributed by atoms with E-state index in [1.165, 1.54) is 24.3 Å². The lowest BCUT2D eigenvalue weighted by Gasteiger charge is -2.07. The Hall–Kier alpha value is -2.53. The van der Waals surface area contributed by atoms with Crippen LogP contribution in [0.2, 0.25) is 5.02 Å². The monoisotopic (exact) mass is 332 g/mol. The molecule has 120 valence electrons. The molecule has 6 heteroatoms. The van der Waals surface area contributed by atoms with E-state index in [4.69, 9.17) is 16.7 Å².